The SMILES string of the molecule is C=CC[S@](Cc1ccccc1)=NS(=O)(=O)c1ccccc1. The number of hydrogen-bond donors (Lipinski definition) is 0. The van der Waals surface area contributed by atoms with E-state index in [-0.39, 0.29) is 4.90 Å². The summed E-state index contributed by atoms with van der Waals surface area (Å²) in [6.45, 7) is 3.70. The highest BCUT2D eigenvalue weighted by Gasteiger charge is 2.13. The van der Waals surface area contributed by atoms with Crippen molar-refractivity contribution in [3.63, 3.8) is 0 Å². The van der Waals surface area contributed by atoms with Crippen molar-refractivity contribution in [2.75, 3.05) is 5.75 Å². The molecule has 0 unspecified atom stereocenters. The molecule has 0 saturated carbocycles. The summed E-state index contributed by atoms with van der Waals surface area (Å²) in [7, 11) is -4.24. The summed E-state index contributed by atoms with van der Waals surface area (Å²) >= 11 is 0. The van der Waals surface area contributed by atoms with Crippen LogP contribution in [0.4, 0.5) is 0 Å². The lowest BCUT2D eigenvalue weighted by Gasteiger charge is -2.07. The van der Waals surface area contributed by atoms with E-state index in [0.29, 0.717) is 11.5 Å². The fraction of sp³-hybridized carbons (Fsp3) is 0.125. The van der Waals surface area contributed by atoms with Crippen LogP contribution in [-0.4, -0.2) is 14.2 Å². The van der Waals surface area contributed by atoms with Gasteiger partial charge in [-0.25, -0.2) is 0 Å². The predicted octanol–water partition coefficient (Wildman–Crippen LogP) is 3.56. The zero-order chi connectivity index (χ0) is 15.1. The van der Waals surface area contributed by atoms with Crippen molar-refractivity contribution in [1.29, 1.82) is 0 Å². The molecule has 0 saturated heterocycles. The highest BCUT2D eigenvalue weighted by Crippen LogP contribution is 2.15. The molecule has 0 amide bonds. The van der Waals surface area contributed by atoms with Crippen molar-refractivity contribution in [2.24, 2.45) is 3.77 Å². The van der Waals surface area contributed by atoms with E-state index in [1.165, 1.54) is 0 Å². The molecule has 0 aliphatic heterocycles. The number of benzene rings is 2. The summed E-state index contributed by atoms with van der Waals surface area (Å²) in [6.07, 6.45) is 1.72. The Bertz CT molecular complexity index is 723. The molecule has 0 spiro atoms. The first-order valence-corrected chi connectivity index (χ1v) is 9.43. The van der Waals surface area contributed by atoms with Gasteiger partial charge in [-0.3, -0.25) is 0 Å². The Balaban J connectivity index is 2.31. The van der Waals surface area contributed by atoms with Gasteiger partial charge in [0, 0.05) is 11.5 Å². The minimum Gasteiger partial charge on any atom is -0.199 e. The maximum atomic E-state index is 12.3. The lowest BCUT2D eigenvalue weighted by atomic mass is 10.2. The topological polar surface area (TPSA) is 46.5 Å². The molecule has 2 aromatic rings. The van der Waals surface area contributed by atoms with Crippen LogP contribution in [0.25, 0.3) is 0 Å². The van der Waals surface area contributed by atoms with E-state index in [9.17, 15) is 8.42 Å². The molecule has 0 aliphatic rings. The molecule has 1 atom stereocenters. The number of hydrogen-bond acceptors (Lipinski definition) is 2. The first kappa shape index (κ1) is 15.7. The largest absolute Gasteiger partial charge is 0.287 e. The molecule has 2 rings (SSSR count). The zero-order valence-corrected chi connectivity index (χ0v) is 13.2. The average Bonchev–Trinajstić information content (AvgIpc) is 2.49. The highest BCUT2D eigenvalue weighted by molar-refractivity contribution is 7.99. The minimum absolute atomic E-state index is 0.236. The first-order valence-electron chi connectivity index (χ1n) is 6.47. The van der Waals surface area contributed by atoms with Crippen molar-refractivity contribution in [3.8, 4) is 0 Å². The highest BCUT2D eigenvalue weighted by atomic mass is 32.3. The van der Waals surface area contributed by atoms with Crippen LogP contribution in [-0.2, 0) is 26.5 Å². The molecular formula is C16H17NO2S2. The van der Waals surface area contributed by atoms with E-state index in [4.69, 9.17) is 0 Å². The van der Waals surface area contributed by atoms with Gasteiger partial charge in [0.25, 0.3) is 10.0 Å². The zero-order valence-electron chi connectivity index (χ0n) is 11.6. The molecular weight excluding hydrogens is 302 g/mol. The van der Waals surface area contributed by atoms with E-state index in [1.54, 1.807) is 36.4 Å². The van der Waals surface area contributed by atoms with Crippen LogP contribution in [0, 0.1) is 0 Å². The Morgan fingerprint density at radius 1 is 1.00 bits per heavy atom. The summed E-state index contributed by atoms with van der Waals surface area (Å²) in [4.78, 5) is 0.236. The second-order valence-corrected chi connectivity index (χ2v) is 7.97. The fourth-order valence-electron chi connectivity index (χ4n) is 1.79. The van der Waals surface area contributed by atoms with Crippen LogP contribution in [0.3, 0.4) is 0 Å². The molecule has 0 fully saturated rings. The van der Waals surface area contributed by atoms with Crippen LogP contribution < -0.4 is 0 Å². The summed E-state index contributed by atoms with van der Waals surface area (Å²) < 4.78 is 28.7. The van der Waals surface area contributed by atoms with Gasteiger partial charge in [-0.1, -0.05) is 65.3 Å². The fourth-order valence-corrected chi connectivity index (χ4v) is 5.17. The number of nitrogens with zero attached hydrogens (tertiary/aromatic N) is 1. The first-order chi connectivity index (χ1) is 10.1. The van der Waals surface area contributed by atoms with Gasteiger partial charge in [-0.2, -0.15) is 8.42 Å². The van der Waals surface area contributed by atoms with Crippen LogP contribution in [0.1, 0.15) is 5.56 Å². The molecule has 110 valence electrons. The normalized spacial score (nSPS) is 13.0. The van der Waals surface area contributed by atoms with Gasteiger partial charge >= 0.3 is 0 Å². The lowest BCUT2D eigenvalue weighted by molar-refractivity contribution is 0.598. The van der Waals surface area contributed by atoms with Crippen molar-refractivity contribution >= 4 is 20.7 Å². The average molecular weight is 319 g/mol. The van der Waals surface area contributed by atoms with Crippen molar-refractivity contribution in [1.82, 2.24) is 0 Å². The lowest BCUT2D eigenvalue weighted by Crippen LogP contribution is -2.04. The van der Waals surface area contributed by atoms with E-state index in [2.05, 4.69) is 10.3 Å². The summed E-state index contributed by atoms with van der Waals surface area (Å²) in [5.41, 5.74) is 1.08. The van der Waals surface area contributed by atoms with E-state index < -0.39 is 20.7 Å². The molecule has 3 nitrogen and oxygen atoms in total. The molecule has 0 aliphatic carbocycles. The monoisotopic (exact) mass is 319 g/mol. The summed E-state index contributed by atoms with van der Waals surface area (Å²) in [6, 6.07) is 18.1. The summed E-state index contributed by atoms with van der Waals surface area (Å²) in [5.74, 6) is 1.17. The Morgan fingerprint density at radius 2 is 1.57 bits per heavy atom. The van der Waals surface area contributed by atoms with Gasteiger partial charge < -0.3 is 0 Å². The second-order valence-electron chi connectivity index (χ2n) is 4.41. The molecule has 2 aromatic carbocycles. The third kappa shape index (κ3) is 4.65. The van der Waals surface area contributed by atoms with E-state index >= 15 is 0 Å². The van der Waals surface area contributed by atoms with Crippen LogP contribution in [0.5, 0.6) is 0 Å². The third-order valence-electron chi connectivity index (χ3n) is 2.73. The predicted molar refractivity (Wildman–Crippen MR) is 88.6 cm³/mol. The molecule has 0 N–H and O–H groups in total. The van der Waals surface area contributed by atoms with Gasteiger partial charge in [0.05, 0.1) is 4.90 Å². The van der Waals surface area contributed by atoms with Gasteiger partial charge in [-0.15, -0.1) is 10.3 Å². The van der Waals surface area contributed by atoms with Crippen LogP contribution in [0.15, 0.2) is 82.0 Å². The standard InChI is InChI=1S/C16H17NO2S2/c1-2-13-20(14-15-9-5-3-6-10-15)17-21(18,19)16-11-7-4-8-12-16/h2-12H,1,13-14H2/t20-/m1/s1. The van der Waals surface area contributed by atoms with E-state index in [1.807, 2.05) is 30.3 Å². The van der Waals surface area contributed by atoms with E-state index in [0.717, 1.165) is 5.56 Å². The van der Waals surface area contributed by atoms with Gasteiger partial charge in [0.15, 0.2) is 0 Å². The number of rotatable bonds is 6. The molecule has 0 bridgehead atoms. The molecule has 0 radical (unpaired) electrons. The number of sulfonamides is 1. The molecule has 5 heteroatoms. The minimum atomic E-state index is -3.61. The van der Waals surface area contributed by atoms with Gasteiger partial charge in [-0.05, 0) is 17.7 Å². The Hall–Kier alpha value is -1.72. The maximum Gasteiger partial charge on any atom is 0.287 e. The molecule has 21 heavy (non-hydrogen) atoms. The smallest absolute Gasteiger partial charge is 0.199 e. The molecule has 0 heterocycles. The Labute approximate surface area is 128 Å². The van der Waals surface area contributed by atoms with Gasteiger partial charge in [0.2, 0.25) is 0 Å². The van der Waals surface area contributed by atoms with Crippen molar-refractivity contribution < 1.29 is 8.42 Å². The third-order valence-corrected chi connectivity index (χ3v) is 6.51. The van der Waals surface area contributed by atoms with Crippen molar-refractivity contribution in [2.45, 2.75) is 10.6 Å². The van der Waals surface area contributed by atoms with Gasteiger partial charge in [0.1, 0.15) is 0 Å². The maximum absolute atomic E-state index is 12.3. The van der Waals surface area contributed by atoms with Crippen LogP contribution >= 0.6 is 0 Å². The summed E-state index contributed by atoms with van der Waals surface area (Å²) in [5, 5.41) is 0. The Kier molecular flexibility index (Phi) is 5.47. The van der Waals surface area contributed by atoms with Crippen molar-refractivity contribution in [3.05, 3.63) is 78.9 Å². The van der Waals surface area contributed by atoms with Crippen LogP contribution in [0.2, 0.25) is 0 Å². The second kappa shape index (κ2) is 7.33. The quantitative estimate of drug-likeness (QED) is 0.764. The Morgan fingerprint density at radius 3 is 2.14 bits per heavy atom. The molecule has 0 aromatic heterocycles.